The molecule has 0 aliphatic carbocycles. The maximum absolute atomic E-state index is 2.51. The van der Waals surface area contributed by atoms with E-state index in [0.717, 1.165) is 11.8 Å². The SMILES string of the molecule is BC(C)(C)CC(C)(C)C(B)(C)CC(B)(C)CC(C)CC(C)(C)C(C)CCC. The van der Waals surface area contributed by atoms with E-state index in [1.165, 1.54) is 38.5 Å². The van der Waals surface area contributed by atoms with Crippen molar-refractivity contribution >= 4 is 23.5 Å². The molecule has 0 aromatic rings. The van der Waals surface area contributed by atoms with Gasteiger partial charge in [0.05, 0.1) is 0 Å². The minimum atomic E-state index is 0.342. The lowest BCUT2D eigenvalue weighted by molar-refractivity contribution is 0.147. The molecule has 0 amide bonds. The van der Waals surface area contributed by atoms with Crippen molar-refractivity contribution in [2.75, 3.05) is 0 Å². The second-order valence-electron chi connectivity index (χ2n) is 14.0. The lowest BCUT2D eigenvalue weighted by Gasteiger charge is -2.50. The minimum Gasteiger partial charge on any atom is -0.0672 e. The maximum atomic E-state index is 2.51. The second-order valence-corrected chi connectivity index (χ2v) is 14.0. The Hall–Kier alpha value is 0.195. The molecule has 158 valence electrons. The minimum absolute atomic E-state index is 0.342. The molecule has 0 N–H and O–H groups in total. The zero-order chi connectivity index (χ0) is 21.9. The van der Waals surface area contributed by atoms with Gasteiger partial charge in [-0.1, -0.05) is 124 Å². The summed E-state index contributed by atoms with van der Waals surface area (Å²) in [5.41, 5.74) is 0.799. The molecule has 0 aliphatic heterocycles. The third-order valence-corrected chi connectivity index (χ3v) is 7.56. The van der Waals surface area contributed by atoms with Crippen LogP contribution < -0.4 is 0 Å². The Morgan fingerprint density at radius 3 is 1.63 bits per heavy atom. The average molecular weight is 374 g/mol. The fraction of sp³-hybridized carbons (Fsp3) is 1.00. The standard InChI is InChI=1S/C24H53B3/c1-12-13-19(3)20(4,5)14-18(2)15-23(10,26)17-24(11,27)21(6,7)16-22(8,9)25/h18-19H,12-17,25-27H2,1-11H3. The summed E-state index contributed by atoms with van der Waals surface area (Å²) in [5, 5.41) is 1.12. The summed E-state index contributed by atoms with van der Waals surface area (Å²) in [6, 6.07) is 0. The zero-order valence-electron chi connectivity index (χ0n) is 21.9. The molecule has 0 spiro atoms. The molecule has 0 nitrogen and oxygen atoms in total. The van der Waals surface area contributed by atoms with Gasteiger partial charge in [-0.05, 0) is 29.1 Å². The molecular weight excluding hydrogens is 321 g/mol. The van der Waals surface area contributed by atoms with Gasteiger partial charge in [0.1, 0.15) is 23.5 Å². The average Bonchev–Trinajstić information content (AvgIpc) is 2.32. The van der Waals surface area contributed by atoms with Crippen molar-refractivity contribution in [3.8, 4) is 0 Å². The molecule has 27 heavy (non-hydrogen) atoms. The van der Waals surface area contributed by atoms with E-state index in [1.54, 1.807) is 0 Å². The predicted molar refractivity (Wildman–Crippen MR) is 136 cm³/mol. The fourth-order valence-corrected chi connectivity index (χ4v) is 6.01. The Bertz CT molecular complexity index is 441. The van der Waals surface area contributed by atoms with Gasteiger partial charge in [-0.15, -0.1) is 0 Å². The lowest BCUT2D eigenvalue weighted by Crippen LogP contribution is -2.36. The highest BCUT2D eigenvalue weighted by molar-refractivity contribution is 6.19. The molecule has 3 heteroatoms. The van der Waals surface area contributed by atoms with Gasteiger partial charge >= 0.3 is 0 Å². The van der Waals surface area contributed by atoms with Crippen molar-refractivity contribution in [2.45, 2.75) is 131 Å². The van der Waals surface area contributed by atoms with Crippen molar-refractivity contribution < 1.29 is 0 Å². The van der Waals surface area contributed by atoms with E-state index in [1.807, 2.05) is 0 Å². The molecule has 4 unspecified atom stereocenters. The smallest absolute Gasteiger partial charge is 0.0672 e. The number of hydrogen-bond acceptors (Lipinski definition) is 0. The van der Waals surface area contributed by atoms with Gasteiger partial charge in [-0.2, -0.15) is 0 Å². The molecule has 4 atom stereocenters. The Kier molecular flexibility index (Phi) is 9.41. The Balaban J connectivity index is 5.05. The third-order valence-electron chi connectivity index (χ3n) is 7.56. The monoisotopic (exact) mass is 374 g/mol. The molecule has 0 bridgehead atoms. The first-order valence-electron chi connectivity index (χ1n) is 11.7. The molecule has 0 aromatic heterocycles. The second kappa shape index (κ2) is 9.34. The van der Waals surface area contributed by atoms with Gasteiger partial charge in [-0.3, -0.25) is 0 Å². The van der Waals surface area contributed by atoms with Crippen molar-refractivity contribution in [1.82, 2.24) is 0 Å². The van der Waals surface area contributed by atoms with E-state index in [9.17, 15) is 0 Å². The predicted octanol–water partition coefficient (Wildman–Crippen LogP) is 6.13. The normalized spacial score (nSPS) is 20.6. The van der Waals surface area contributed by atoms with Crippen LogP contribution in [0.3, 0.4) is 0 Å². The summed E-state index contributed by atoms with van der Waals surface area (Å²) in [6.07, 6.45) is 7.94. The van der Waals surface area contributed by atoms with Gasteiger partial charge in [0.25, 0.3) is 0 Å². The topological polar surface area (TPSA) is 0 Å². The Morgan fingerprint density at radius 2 is 1.22 bits per heavy atom. The van der Waals surface area contributed by atoms with Gasteiger partial charge in [0, 0.05) is 0 Å². The quantitative estimate of drug-likeness (QED) is 0.361. The Labute approximate surface area is 177 Å². The van der Waals surface area contributed by atoms with E-state index < -0.39 is 0 Å². The largest absolute Gasteiger partial charge is 0.109 e. The van der Waals surface area contributed by atoms with Crippen LogP contribution in [-0.2, 0) is 0 Å². The zero-order valence-corrected chi connectivity index (χ0v) is 21.9. The first kappa shape index (κ1) is 27.2. The van der Waals surface area contributed by atoms with Crippen LogP contribution in [0.25, 0.3) is 0 Å². The first-order chi connectivity index (χ1) is 11.7. The van der Waals surface area contributed by atoms with Crippen LogP contribution in [0.5, 0.6) is 0 Å². The lowest BCUT2D eigenvalue weighted by atomic mass is 9.43. The van der Waals surface area contributed by atoms with Crippen LogP contribution in [0, 0.1) is 22.7 Å². The summed E-state index contributed by atoms with van der Waals surface area (Å²) in [7, 11) is 7.41. The van der Waals surface area contributed by atoms with Crippen LogP contribution in [0.4, 0.5) is 0 Å². The highest BCUT2D eigenvalue weighted by Crippen LogP contribution is 2.58. The van der Waals surface area contributed by atoms with Crippen molar-refractivity contribution in [2.24, 2.45) is 22.7 Å². The van der Waals surface area contributed by atoms with E-state index >= 15 is 0 Å². The molecule has 0 rings (SSSR count). The molecular formula is C24H53B3. The first-order valence-corrected chi connectivity index (χ1v) is 11.7. The van der Waals surface area contributed by atoms with Crippen molar-refractivity contribution in [3.05, 3.63) is 0 Å². The van der Waals surface area contributed by atoms with E-state index in [-0.39, 0.29) is 0 Å². The summed E-state index contributed by atoms with van der Waals surface area (Å²) in [6.45, 7) is 27.0. The summed E-state index contributed by atoms with van der Waals surface area (Å²) in [4.78, 5) is 0. The molecule has 0 fully saturated rings. The van der Waals surface area contributed by atoms with Gasteiger partial charge in [0.15, 0.2) is 0 Å². The van der Waals surface area contributed by atoms with Crippen LogP contribution in [0.2, 0.25) is 15.9 Å². The van der Waals surface area contributed by atoms with E-state index in [4.69, 9.17) is 0 Å². The Morgan fingerprint density at radius 1 is 0.741 bits per heavy atom. The third kappa shape index (κ3) is 9.49. The number of rotatable bonds is 12. The van der Waals surface area contributed by atoms with Crippen LogP contribution in [-0.4, -0.2) is 23.5 Å². The maximum Gasteiger partial charge on any atom is 0.109 e. The molecule has 0 aliphatic rings. The van der Waals surface area contributed by atoms with Crippen LogP contribution in [0.1, 0.15) is 115 Å². The van der Waals surface area contributed by atoms with Crippen molar-refractivity contribution in [3.63, 3.8) is 0 Å². The fourth-order valence-electron chi connectivity index (χ4n) is 6.01. The van der Waals surface area contributed by atoms with Crippen LogP contribution >= 0.6 is 0 Å². The summed E-state index contributed by atoms with van der Waals surface area (Å²) in [5.74, 6) is 1.60. The molecule has 0 heterocycles. The molecule has 0 radical (unpaired) electrons. The van der Waals surface area contributed by atoms with E-state index in [0.29, 0.717) is 26.8 Å². The highest BCUT2D eigenvalue weighted by Gasteiger charge is 2.42. The molecule has 0 saturated carbocycles. The van der Waals surface area contributed by atoms with E-state index in [2.05, 4.69) is 99.7 Å². The van der Waals surface area contributed by atoms with Crippen molar-refractivity contribution in [1.29, 1.82) is 0 Å². The molecule has 0 saturated heterocycles. The number of hydrogen-bond donors (Lipinski definition) is 0. The van der Waals surface area contributed by atoms with Gasteiger partial charge < -0.3 is 0 Å². The van der Waals surface area contributed by atoms with Gasteiger partial charge in [0.2, 0.25) is 0 Å². The highest BCUT2D eigenvalue weighted by atomic mass is 14.4. The summed E-state index contributed by atoms with van der Waals surface area (Å²) >= 11 is 0. The van der Waals surface area contributed by atoms with Crippen LogP contribution in [0.15, 0.2) is 0 Å². The molecule has 0 aromatic carbocycles. The summed E-state index contributed by atoms with van der Waals surface area (Å²) < 4.78 is 0. The van der Waals surface area contributed by atoms with Gasteiger partial charge in [-0.25, -0.2) is 0 Å².